The maximum atomic E-state index is 9.13. The number of hydrogen-bond acceptors (Lipinski definition) is 4. The lowest BCUT2D eigenvalue weighted by molar-refractivity contribution is 0.559. The maximum absolute atomic E-state index is 9.13. The van der Waals surface area contributed by atoms with Crippen molar-refractivity contribution in [1.29, 1.82) is 10.5 Å². The van der Waals surface area contributed by atoms with Crippen molar-refractivity contribution in [3.63, 3.8) is 0 Å². The van der Waals surface area contributed by atoms with Gasteiger partial charge in [-0.2, -0.15) is 10.5 Å². The summed E-state index contributed by atoms with van der Waals surface area (Å²) in [6.07, 6.45) is 1.95. The van der Waals surface area contributed by atoms with Crippen LogP contribution in [-0.2, 0) is 0 Å². The zero-order valence-electron chi connectivity index (χ0n) is 12.0. The highest BCUT2D eigenvalue weighted by Crippen LogP contribution is 2.33. The van der Waals surface area contributed by atoms with Crippen molar-refractivity contribution < 1.29 is 0 Å². The SMILES string of the molecule is CN(C)C=C1CN(c2ccccc2Cl)CC1=C(C#N)C#N. The lowest BCUT2D eigenvalue weighted by atomic mass is 10.1. The summed E-state index contributed by atoms with van der Waals surface area (Å²) in [5.41, 5.74) is 2.82. The summed E-state index contributed by atoms with van der Waals surface area (Å²) in [7, 11) is 3.84. The second kappa shape index (κ2) is 6.35. The second-order valence-corrected chi connectivity index (χ2v) is 5.41. The average Bonchev–Trinajstić information content (AvgIpc) is 2.84. The number of hydrogen-bond donors (Lipinski definition) is 0. The van der Waals surface area contributed by atoms with E-state index < -0.39 is 0 Å². The first-order chi connectivity index (χ1) is 10.1. The molecule has 0 saturated carbocycles. The van der Waals surface area contributed by atoms with Crippen molar-refractivity contribution in [3.05, 3.63) is 52.2 Å². The molecule has 0 bridgehead atoms. The molecule has 1 saturated heterocycles. The molecule has 0 N–H and O–H groups in total. The van der Waals surface area contributed by atoms with E-state index >= 15 is 0 Å². The molecule has 1 aliphatic heterocycles. The Kier molecular flexibility index (Phi) is 4.52. The first-order valence-corrected chi connectivity index (χ1v) is 6.85. The largest absolute Gasteiger partial charge is 0.383 e. The Morgan fingerprint density at radius 1 is 1.24 bits per heavy atom. The molecule has 0 spiro atoms. The molecule has 1 aliphatic rings. The third-order valence-corrected chi connectivity index (χ3v) is 3.55. The highest BCUT2D eigenvalue weighted by molar-refractivity contribution is 6.33. The molecule has 1 aromatic rings. The lowest BCUT2D eigenvalue weighted by Crippen LogP contribution is -2.18. The van der Waals surface area contributed by atoms with Gasteiger partial charge >= 0.3 is 0 Å². The van der Waals surface area contributed by atoms with Crippen LogP contribution in [0.3, 0.4) is 0 Å². The molecule has 0 unspecified atom stereocenters. The molecule has 0 atom stereocenters. The van der Waals surface area contributed by atoms with Crippen LogP contribution in [0.2, 0.25) is 5.02 Å². The Hall–Kier alpha value is -2.43. The summed E-state index contributed by atoms with van der Waals surface area (Å²) >= 11 is 6.24. The molecular formula is C16H15ClN4. The Balaban J connectivity index is 2.46. The molecule has 1 fully saturated rings. The van der Waals surface area contributed by atoms with Gasteiger partial charge in [-0.3, -0.25) is 0 Å². The normalized spacial score (nSPS) is 15.8. The number of nitrogens with zero attached hydrogens (tertiary/aromatic N) is 4. The van der Waals surface area contributed by atoms with Crippen LogP contribution in [-0.4, -0.2) is 32.1 Å². The Morgan fingerprint density at radius 2 is 1.90 bits per heavy atom. The summed E-state index contributed by atoms with van der Waals surface area (Å²) in [6.45, 7) is 1.14. The van der Waals surface area contributed by atoms with Crippen LogP contribution < -0.4 is 4.90 Å². The van der Waals surface area contributed by atoms with E-state index in [1.807, 2.05) is 61.6 Å². The van der Waals surface area contributed by atoms with E-state index in [-0.39, 0.29) is 5.57 Å². The van der Waals surface area contributed by atoms with Crippen molar-refractivity contribution in [2.75, 3.05) is 32.1 Å². The fourth-order valence-electron chi connectivity index (χ4n) is 2.36. The Bertz CT molecular complexity index is 673. The Morgan fingerprint density at radius 3 is 2.48 bits per heavy atom. The van der Waals surface area contributed by atoms with E-state index in [9.17, 15) is 0 Å². The van der Waals surface area contributed by atoms with Crippen molar-refractivity contribution in [2.24, 2.45) is 0 Å². The predicted octanol–water partition coefficient (Wildman–Crippen LogP) is 2.95. The van der Waals surface area contributed by atoms with Crippen LogP contribution in [0, 0.1) is 22.7 Å². The van der Waals surface area contributed by atoms with Gasteiger partial charge in [0.2, 0.25) is 0 Å². The van der Waals surface area contributed by atoms with E-state index in [4.69, 9.17) is 22.1 Å². The van der Waals surface area contributed by atoms with Crippen molar-refractivity contribution in [2.45, 2.75) is 0 Å². The van der Waals surface area contributed by atoms with Crippen LogP contribution in [0.25, 0.3) is 0 Å². The third kappa shape index (κ3) is 3.18. The number of rotatable bonds is 2. The molecular weight excluding hydrogens is 284 g/mol. The summed E-state index contributed by atoms with van der Waals surface area (Å²) in [6, 6.07) is 11.5. The quantitative estimate of drug-likeness (QED) is 0.788. The van der Waals surface area contributed by atoms with Crippen molar-refractivity contribution >= 4 is 17.3 Å². The van der Waals surface area contributed by atoms with Crippen LogP contribution in [0.1, 0.15) is 0 Å². The van der Waals surface area contributed by atoms with E-state index in [1.54, 1.807) is 0 Å². The minimum Gasteiger partial charge on any atom is -0.383 e. The monoisotopic (exact) mass is 298 g/mol. The number of para-hydroxylation sites is 1. The smallest absolute Gasteiger partial charge is 0.135 e. The summed E-state index contributed by atoms with van der Waals surface area (Å²) in [4.78, 5) is 3.99. The van der Waals surface area contributed by atoms with E-state index in [2.05, 4.69) is 4.90 Å². The van der Waals surface area contributed by atoms with Crippen LogP contribution in [0.4, 0.5) is 5.69 Å². The van der Waals surface area contributed by atoms with E-state index in [1.165, 1.54) is 0 Å². The predicted molar refractivity (Wildman–Crippen MR) is 83.7 cm³/mol. The standard InChI is InChI=1S/C16H15ClN4/c1-20(2)9-13-10-21(11-14(13)12(7-18)8-19)16-6-4-3-5-15(16)17/h3-6,9H,10-11H2,1-2H3. The highest BCUT2D eigenvalue weighted by Gasteiger charge is 2.26. The number of nitriles is 2. The summed E-state index contributed by atoms with van der Waals surface area (Å²) in [5, 5.41) is 18.9. The van der Waals surface area contributed by atoms with Gasteiger partial charge in [0.25, 0.3) is 0 Å². The van der Waals surface area contributed by atoms with Gasteiger partial charge in [-0.25, -0.2) is 0 Å². The first kappa shape index (κ1) is 15.0. The van der Waals surface area contributed by atoms with E-state index in [0.29, 0.717) is 18.1 Å². The average molecular weight is 299 g/mol. The lowest BCUT2D eigenvalue weighted by Gasteiger charge is -2.18. The van der Waals surface area contributed by atoms with Gasteiger partial charge in [-0.05, 0) is 17.7 Å². The topological polar surface area (TPSA) is 54.1 Å². The highest BCUT2D eigenvalue weighted by atomic mass is 35.5. The second-order valence-electron chi connectivity index (χ2n) is 5.00. The van der Waals surface area contributed by atoms with Crippen LogP contribution in [0.5, 0.6) is 0 Å². The molecule has 1 aromatic carbocycles. The zero-order valence-corrected chi connectivity index (χ0v) is 12.7. The molecule has 0 aromatic heterocycles. The molecule has 0 radical (unpaired) electrons. The fraction of sp³-hybridized carbons (Fsp3) is 0.250. The zero-order chi connectivity index (χ0) is 15.4. The summed E-state index contributed by atoms with van der Waals surface area (Å²) in [5.74, 6) is 0. The van der Waals surface area contributed by atoms with Gasteiger partial charge in [-0.15, -0.1) is 0 Å². The van der Waals surface area contributed by atoms with Gasteiger partial charge in [-0.1, -0.05) is 23.7 Å². The number of allylic oxidation sites excluding steroid dienone is 1. The summed E-state index contributed by atoms with van der Waals surface area (Å²) < 4.78 is 0. The van der Waals surface area contributed by atoms with Gasteiger partial charge in [0, 0.05) is 39.0 Å². The number of halogens is 1. The number of anilines is 1. The van der Waals surface area contributed by atoms with E-state index in [0.717, 1.165) is 16.8 Å². The molecule has 106 valence electrons. The third-order valence-electron chi connectivity index (χ3n) is 3.23. The minimum absolute atomic E-state index is 0.164. The molecule has 4 nitrogen and oxygen atoms in total. The minimum atomic E-state index is 0.164. The Labute approximate surface area is 129 Å². The van der Waals surface area contributed by atoms with Gasteiger partial charge in [0.05, 0.1) is 10.7 Å². The van der Waals surface area contributed by atoms with Crippen molar-refractivity contribution in [1.82, 2.24) is 4.90 Å². The number of benzene rings is 1. The van der Waals surface area contributed by atoms with Gasteiger partial charge in [0.1, 0.15) is 17.7 Å². The fourth-order valence-corrected chi connectivity index (χ4v) is 2.61. The molecule has 5 heteroatoms. The van der Waals surface area contributed by atoms with Gasteiger partial charge in [0.15, 0.2) is 0 Å². The van der Waals surface area contributed by atoms with Crippen LogP contribution in [0.15, 0.2) is 47.2 Å². The molecule has 1 heterocycles. The first-order valence-electron chi connectivity index (χ1n) is 6.47. The van der Waals surface area contributed by atoms with Gasteiger partial charge < -0.3 is 9.80 Å². The molecule has 21 heavy (non-hydrogen) atoms. The molecule has 2 rings (SSSR count). The molecule has 0 amide bonds. The maximum Gasteiger partial charge on any atom is 0.135 e. The van der Waals surface area contributed by atoms with Crippen LogP contribution >= 0.6 is 11.6 Å². The van der Waals surface area contributed by atoms with Crippen molar-refractivity contribution in [3.8, 4) is 12.1 Å². The molecule has 0 aliphatic carbocycles.